The predicted octanol–water partition coefficient (Wildman–Crippen LogP) is 1.31. The van der Waals surface area contributed by atoms with Crippen LogP contribution in [-0.4, -0.2) is 23.1 Å². The Morgan fingerprint density at radius 2 is 2.15 bits per heavy atom. The number of aromatic hydroxyl groups is 2. The molecule has 1 rings (SSSR count). The maximum Gasteiger partial charge on any atom is 0.172 e. The molecule has 0 radical (unpaired) electrons. The zero-order valence-electron chi connectivity index (χ0n) is 7.15. The van der Waals surface area contributed by atoms with Crippen LogP contribution < -0.4 is 4.74 Å². The molecule has 2 N–H and O–H groups in total. The monoisotopic (exact) mass is 182 g/mol. The first-order chi connectivity index (χ1) is 6.20. The van der Waals surface area contributed by atoms with Crippen molar-refractivity contribution in [3.8, 4) is 17.2 Å². The minimum atomic E-state index is -0.322. The minimum absolute atomic E-state index is 0.147. The number of phenolic OH excluding ortho intramolecular Hbond substituents is 2. The SMILES string of the molecule is CCOc1ccc(O)c(C=O)c1O. The Morgan fingerprint density at radius 1 is 1.46 bits per heavy atom. The number of hydrogen-bond acceptors (Lipinski definition) is 4. The van der Waals surface area contributed by atoms with Crippen LogP contribution in [0.25, 0.3) is 0 Å². The van der Waals surface area contributed by atoms with E-state index in [4.69, 9.17) is 9.84 Å². The van der Waals surface area contributed by atoms with Crippen molar-refractivity contribution in [1.82, 2.24) is 0 Å². The summed E-state index contributed by atoms with van der Waals surface area (Å²) in [6, 6.07) is 2.70. The van der Waals surface area contributed by atoms with Crippen molar-refractivity contribution in [2.45, 2.75) is 6.92 Å². The van der Waals surface area contributed by atoms with Crippen LogP contribution in [-0.2, 0) is 0 Å². The van der Waals surface area contributed by atoms with E-state index >= 15 is 0 Å². The van der Waals surface area contributed by atoms with Crippen LogP contribution in [0.2, 0.25) is 0 Å². The standard InChI is InChI=1S/C9H10O4/c1-2-13-8-4-3-7(11)6(5-10)9(8)12/h3-5,11-12H,2H2,1H3. The van der Waals surface area contributed by atoms with Gasteiger partial charge in [0.15, 0.2) is 17.8 Å². The second-order valence-corrected chi connectivity index (χ2v) is 2.40. The Hall–Kier alpha value is -1.71. The van der Waals surface area contributed by atoms with E-state index in [2.05, 4.69) is 0 Å². The fourth-order valence-corrected chi connectivity index (χ4v) is 0.966. The van der Waals surface area contributed by atoms with Gasteiger partial charge in [-0.25, -0.2) is 0 Å². The molecule has 0 aliphatic heterocycles. The molecule has 0 aliphatic carbocycles. The van der Waals surface area contributed by atoms with Crippen molar-refractivity contribution in [2.75, 3.05) is 6.61 Å². The number of rotatable bonds is 3. The van der Waals surface area contributed by atoms with Crippen molar-refractivity contribution in [1.29, 1.82) is 0 Å². The Balaban J connectivity index is 3.19. The molecule has 0 aliphatic rings. The molecule has 0 heterocycles. The molecule has 0 unspecified atom stereocenters. The first-order valence-electron chi connectivity index (χ1n) is 3.83. The summed E-state index contributed by atoms with van der Waals surface area (Å²) < 4.78 is 5.01. The van der Waals surface area contributed by atoms with Crippen molar-refractivity contribution >= 4 is 6.29 Å². The quantitative estimate of drug-likeness (QED) is 0.691. The molecule has 0 aromatic heterocycles. The van der Waals surface area contributed by atoms with Gasteiger partial charge in [-0.3, -0.25) is 4.79 Å². The van der Waals surface area contributed by atoms with Crippen LogP contribution in [0.1, 0.15) is 17.3 Å². The molecular formula is C9H10O4. The number of ether oxygens (including phenoxy) is 1. The van der Waals surface area contributed by atoms with Crippen LogP contribution in [0.3, 0.4) is 0 Å². The summed E-state index contributed by atoms with van der Waals surface area (Å²) in [5, 5.41) is 18.5. The molecule has 0 saturated carbocycles. The molecular weight excluding hydrogens is 172 g/mol. The summed E-state index contributed by atoms with van der Waals surface area (Å²) in [7, 11) is 0. The minimum Gasteiger partial charge on any atom is -0.507 e. The Labute approximate surface area is 75.4 Å². The number of aldehydes is 1. The normalized spacial score (nSPS) is 9.62. The summed E-state index contributed by atoms with van der Waals surface area (Å²) in [5.74, 6) is -0.379. The predicted molar refractivity (Wildman–Crippen MR) is 46.3 cm³/mol. The highest BCUT2D eigenvalue weighted by Crippen LogP contribution is 2.34. The van der Waals surface area contributed by atoms with Gasteiger partial charge in [-0.2, -0.15) is 0 Å². The van der Waals surface area contributed by atoms with Crippen LogP contribution >= 0.6 is 0 Å². The van der Waals surface area contributed by atoms with Gasteiger partial charge in [0, 0.05) is 0 Å². The molecule has 0 atom stereocenters. The van der Waals surface area contributed by atoms with Crippen molar-refractivity contribution in [3.63, 3.8) is 0 Å². The highest BCUT2D eigenvalue weighted by Gasteiger charge is 2.11. The van der Waals surface area contributed by atoms with Crippen LogP contribution in [0, 0.1) is 0 Å². The first-order valence-corrected chi connectivity index (χ1v) is 3.83. The average Bonchev–Trinajstić information content (AvgIpc) is 2.11. The van der Waals surface area contributed by atoms with E-state index in [0.717, 1.165) is 0 Å². The Morgan fingerprint density at radius 3 is 2.69 bits per heavy atom. The van der Waals surface area contributed by atoms with E-state index in [1.807, 2.05) is 0 Å². The van der Waals surface area contributed by atoms with Gasteiger partial charge in [0.25, 0.3) is 0 Å². The topological polar surface area (TPSA) is 66.8 Å². The van der Waals surface area contributed by atoms with Gasteiger partial charge in [-0.1, -0.05) is 0 Å². The lowest BCUT2D eigenvalue weighted by atomic mass is 10.2. The molecule has 0 amide bonds. The third-order valence-corrected chi connectivity index (χ3v) is 1.57. The molecule has 0 saturated heterocycles. The molecule has 1 aromatic rings. The van der Waals surface area contributed by atoms with Gasteiger partial charge in [0.05, 0.1) is 6.61 Å². The van der Waals surface area contributed by atoms with E-state index in [0.29, 0.717) is 12.9 Å². The van der Waals surface area contributed by atoms with Gasteiger partial charge in [0.2, 0.25) is 0 Å². The van der Waals surface area contributed by atoms with E-state index in [9.17, 15) is 9.90 Å². The van der Waals surface area contributed by atoms with E-state index in [1.54, 1.807) is 6.92 Å². The summed E-state index contributed by atoms with van der Waals surface area (Å²) in [5.41, 5.74) is -0.147. The number of carbonyl (C=O) groups is 1. The van der Waals surface area contributed by atoms with E-state index < -0.39 is 0 Å². The van der Waals surface area contributed by atoms with Crippen LogP contribution in [0.5, 0.6) is 17.2 Å². The lowest BCUT2D eigenvalue weighted by molar-refractivity contribution is 0.111. The highest BCUT2D eigenvalue weighted by atomic mass is 16.5. The van der Waals surface area contributed by atoms with Crippen LogP contribution in [0.4, 0.5) is 0 Å². The third kappa shape index (κ3) is 1.72. The zero-order valence-corrected chi connectivity index (χ0v) is 7.15. The molecule has 70 valence electrons. The maximum absolute atomic E-state index is 10.4. The van der Waals surface area contributed by atoms with Gasteiger partial charge >= 0.3 is 0 Å². The smallest absolute Gasteiger partial charge is 0.172 e. The summed E-state index contributed by atoms with van der Waals surface area (Å²) >= 11 is 0. The lowest BCUT2D eigenvalue weighted by Crippen LogP contribution is -1.93. The average molecular weight is 182 g/mol. The third-order valence-electron chi connectivity index (χ3n) is 1.57. The second kappa shape index (κ2) is 3.80. The van der Waals surface area contributed by atoms with Gasteiger partial charge in [0.1, 0.15) is 11.3 Å². The molecule has 0 spiro atoms. The summed E-state index contributed by atoms with van der Waals surface area (Å²) in [6.07, 6.45) is 0.382. The summed E-state index contributed by atoms with van der Waals surface area (Å²) in [4.78, 5) is 10.4. The number of phenols is 2. The van der Waals surface area contributed by atoms with E-state index in [-0.39, 0.29) is 22.8 Å². The number of carbonyl (C=O) groups excluding carboxylic acids is 1. The molecule has 0 bridgehead atoms. The highest BCUT2D eigenvalue weighted by molar-refractivity contribution is 5.84. The summed E-state index contributed by atoms with van der Waals surface area (Å²) in [6.45, 7) is 2.14. The fraction of sp³-hybridized carbons (Fsp3) is 0.222. The molecule has 1 aromatic carbocycles. The first kappa shape index (κ1) is 9.38. The Kier molecular flexibility index (Phi) is 2.74. The molecule has 4 heteroatoms. The lowest BCUT2D eigenvalue weighted by Gasteiger charge is -2.07. The number of benzene rings is 1. The maximum atomic E-state index is 10.4. The van der Waals surface area contributed by atoms with Crippen LogP contribution in [0.15, 0.2) is 12.1 Å². The second-order valence-electron chi connectivity index (χ2n) is 2.40. The van der Waals surface area contributed by atoms with Gasteiger partial charge in [-0.15, -0.1) is 0 Å². The van der Waals surface area contributed by atoms with Gasteiger partial charge in [-0.05, 0) is 19.1 Å². The largest absolute Gasteiger partial charge is 0.507 e. The molecule has 4 nitrogen and oxygen atoms in total. The molecule has 13 heavy (non-hydrogen) atoms. The zero-order chi connectivity index (χ0) is 9.84. The Bertz CT molecular complexity index is 320. The van der Waals surface area contributed by atoms with Gasteiger partial charge < -0.3 is 14.9 Å². The number of hydrogen-bond donors (Lipinski definition) is 2. The fourth-order valence-electron chi connectivity index (χ4n) is 0.966. The van der Waals surface area contributed by atoms with Crippen molar-refractivity contribution in [2.24, 2.45) is 0 Å². The van der Waals surface area contributed by atoms with Crippen molar-refractivity contribution < 1.29 is 19.7 Å². The molecule has 0 fully saturated rings. The van der Waals surface area contributed by atoms with E-state index in [1.165, 1.54) is 12.1 Å². The van der Waals surface area contributed by atoms with Crippen molar-refractivity contribution in [3.05, 3.63) is 17.7 Å².